The zero-order valence-corrected chi connectivity index (χ0v) is 12.8. The molecular weight excluding hydrogens is 266 g/mol. The van der Waals surface area contributed by atoms with Gasteiger partial charge < -0.3 is 19.5 Å². The molecule has 21 heavy (non-hydrogen) atoms. The lowest BCUT2D eigenvalue weighted by Crippen LogP contribution is -2.33. The summed E-state index contributed by atoms with van der Waals surface area (Å²) in [5, 5.41) is 3.57. The van der Waals surface area contributed by atoms with Crippen molar-refractivity contribution in [1.82, 2.24) is 5.32 Å². The van der Waals surface area contributed by atoms with E-state index >= 15 is 0 Å². The van der Waals surface area contributed by atoms with Gasteiger partial charge in [0.1, 0.15) is 0 Å². The van der Waals surface area contributed by atoms with E-state index in [2.05, 4.69) is 24.4 Å². The van der Waals surface area contributed by atoms with Crippen LogP contribution in [0.15, 0.2) is 18.2 Å². The fourth-order valence-corrected chi connectivity index (χ4v) is 2.84. The highest BCUT2D eigenvalue weighted by Crippen LogP contribution is 2.32. The van der Waals surface area contributed by atoms with Crippen LogP contribution in [0.1, 0.15) is 44.2 Å². The number of rotatable bonds is 4. The quantitative estimate of drug-likeness (QED) is 0.925. The second-order valence-corrected chi connectivity index (χ2v) is 5.88. The molecule has 2 aliphatic rings. The maximum atomic E-state index is 5.76. The third-order valence-electron chi connectivity index (χ3n) is 4.20. The molecule has 1 aromatic rings. The van der Waals surface area contributed by atoms with Crippen LogP contribution in [-0.2, 0) is 4.74 Å². The molecule has 0 amide bonds. The number of hydrogen-bond donors (Lipinski definition) is 1. The van der Waals surface area contributed by atoms with E-state index in [1.165, 1.54) is 24.8 Å². The van der Waals surface area contributed by atoms with Gasteiger partial charge in [-0.1, -0.05) is 6.07 Å². The predicted molar refractivity (Wildman–Crippen MR) is 82.1 cm³/mol. The van der Waals surface area contributed by atoms with Crippen molar-refractivity contribution in [1.29, 1.82) is 0 Å². The molecule has 1 saturated heterocycles. The van der Waals surface area contributed by atoms with Gasteiger partial charge in [-0.25, -0.2) is 0 Å². The lowest BCUT2D eigenvalue weighted by molar-refractivity contribution is 0.0156. The summed E-state index contributed by atoms with van der Waals surface area (Å²) in [4.78, 5) is 0. The molecule has 0 bridgehead atoms. The first-order valence-corrected chi connectivity index (χ1v) is 8.07. The Morgan fingerprint density at radius 2 is 1.95 bits per heavy atom. The standard InChI is InChI=1S/C17H25NO3/c1-13(18-12-15-5-2-3-8-19-15)14-6-7-16-17(11-14)21-10-4-9-20-16/h6-7,11,13,15,18H,2-5,8-10,12H2,1H3. The molecular formula is C17H25NO3. The van der Waals surface area contributed by atoms with E-state index in [9.17, 15) is 0 Å². The fourth-order valence-electron chi connectivity index (χ4n) is 2.84. The smallest absolute Gasteiger partial charge is 0.161 e. The van der Waals surface area contributed by atoms with Gasteiger partial charge in [0, 0.05) is 25.6 Å². The van der Waals surface area contributed by atoms with Crippen LogP contribution in [0.4, 0.5) is 0 Å². The number of fused-ring (bicyclic) bond motifs is 1. The third kappa shape index (κ3) is 3.89. The SMILES string of the molecule is CC(NCC1CCCCO1)c1ccc2c(c1)OCCCO2. The summed E-state index contributed by atoms with van der Waals surface area (Å²) in [5.74, 6) is 1.73. The van der Waals surface area contributed by atoms with Gasteiger partial charge in [-0.05, 0) is 43.9 Å². The molecule has 3 rings (SSSR count). The number of nitrogens with one attached hydrogen (secondary N) is 1. The van der Waals surface area contributed by atoms with Crippen LogP contribution in [0.3, 0.4) is 0 Å². The van der Waals surface area contributed by atoms with Gasteiger partial charge in [-0.3, -0.25) is 0 Å². The van der Waals surface area contributed by atoms with Crippen LogP contribution < -0.4 is 14.8 Å². The Balaban J connectivity index is 1.58. The van der Waals surface area contributed by atoms with Gasteiger partial charge in [0.25, 0.3) is 0 Å². The molecule has 0 saturated carbocycles. The van der Waals surface area contributed by atoms with E-state index in [0.717, 1.165) is 44.3 Å². The van der Waals surface area contributed by atoms with E-state index in [0.29, 0.717) is 6.10 Å². The lowest BCUT2D eigenvalue weighted by atomic mass is 10.1. The highest BCUT2D eigenvalue weighted by Gasteiger charge is 2.17. The molecule has 0 aliphatic carbocycles. The average Bonchev–Trinajstić information content (AvgIpc) is 2.78. The molecule has 2 unspecified atom stereocenters. The summed E-state index contributed by atoms with van der Waals surface area (Å²) in [6, 6.07) is 6.52. The minimum Gasteiger partial charge on any atom is -0.490 e. The molecule has 0 radical (unpaired) electrons. The van der Waals surface area contributed by atoms with E-state index in [1.807, 2.05) is 6.07 Å². The van der Waals surface area contributed by atoms with Crippen LogP contribution in [0, 0.1) is 0 Å². The molecule has 0 spiro atoms. The average molecular weight is 291 g/mol. The van der Waals surface area contributed by atoms with Gasteiger partial charge in [-0.2, -0.15) is 0 Å². The van der Waals surface area contributed by atoms with Gasteiger partial charge in [0.05, 0.1) is 19.3 Å². The summed E-state index contributed by atoms with van der Waals surface area (Å²) in [7, 11) is 0. The van der Waals surface area contributed by atoms with Gasteiger partial charge in [0.15, 0.2) is 11.5 Å². The third-order valence-corrected chi connectivity index (χ3v) is 4.20. The van der Waals surface area contributed by atoms with E-state index in [4.69, 9.17) is 14.2 Å². The summed E-state index contributed by atoms with van der Waals surface area (Å²) in [6.45, 7) is 5.47. The maximum absolute atomic E-state index is 5.76. The monoisotopic (exact) mass is 291 g/mol. The highest BCUT2D eigenvalue weighted by molar-refractivity contribution is 5.44. The van der Waals surface area contributed by atoms with Crippen LogP contribution in [-0.4, -0.2) is 32.5 Å². The molecule has 2 heterocycles. The van der Waals surface area contributed by atoms with Crippen molar-refractivity contribution in [3.05, 3.63) is 23.8 Å². The first kappa shape index (κ1) is 14.7. The minimum atomic E-state index is 0.285. The second-order valence-electron chi connectivity index (χ2n) is 5.88. The zero-order chi connectivity index (χ0) is 14.5. The Bertz CT molecular complexity index is 457. The Morgan fingerprint density at radius 1 is 1.10 bits per heavy atom. The van der Waals surface area contributed by atoms with Crippen LogP contribution in [0.5, 0.6) is 11.5 Å². The van der Waals surface area contributed by atoms with Crippen molar-refractivity contribution in [2.75, 3.05) is 26.4 Å². The minimum absolute atomic E-state index is 0.285. The van der Waals surface area contributed by atoms with Gasteiger partial charge >= 0.3 is 0 Å². The highest BCUT2D eigenvalue weighted by atomic mass is 16.5. The summed E-state index contributed by atoms with van der Waals surface area (Å²) >= 11 is 0. The number of hydrogen-bond acceptors (Lipinski definition) is 4. The largest absolute Gasteiger partial charge is 0.490 e. The molecule has 2 atom stereocenters. The summed E-state index contributed by atoms with van der Waals surface area (Å²) in [5.41, 5.74) is 1.23. The molecule has 1 N–H and O–H groups in total. The Labute approximate surface area is 126 Å². The van der Waals surface area contributed by atoms with E-state index in [-0.39, 0.29) is 6.04 Å². The number of benzene rings is 1. The van der Waals surface area contributed by atoms with Crippen molar-refractivity contribution in [2.45, 2.75) is 44.8 Å². The lowest BCUT2D eigenvalue weighted by Gasteiger charge is -2.25. The Hall–Kier alpha value is -1.26. The van der Waals surface area contributed by atoms with Crippen LogP contribution >= 0.6 is 0 Å². The summed E-state index contributed by atoms with van der Waals surface area (Å²) < 4.78 is 17.2. The Kier molecular flexibility index (Phi) is 4.99. The van der Waals surface area contributed by atoms with Crippen molar-refractivity contribution < 1.29 is 14.2 Å². The maximum Gasteiger partial charge on any atom is 0.161 e. The van der Waals surface area contributed by atoms with Gasteiger partial charge in [0.2, 0.25) is 0 Å². The fraction of sp³-hybridized carbons (Fsp3) is 0.647. The van der Waals surface area contributed by atoms with Crippen molar-refractivity contribution >= 4 is 0 Å². The molecule has 1 fully saturated rings. The molecule has 4 nitrogen and oxygen atoms in total. The zero-order valence-electron chi connectivity index (χ0n) is 12.8. The van der Waals surface area contributed by atoms with E-state index < -0.39 is 0 Å². The topological polar surface area (TPSA) is 39.7 Å². The Morgan fingerprint density at radius 3 is 2.76 bits per heavy atom. The first-order valence-electron chi connectivity index (χ1n) is 8.07. The second kappa shape index (κ2) is 7.14. The van der Waals surface area contributed by atoms with Gasteiger partial charge in [-0.15, -0.1) is 0 Å². The van der Waals surface area contributed by atoms with Crippen molar-refractivity contribution in [2.24, 2.45) is 0 Å². The predicted octanol–water partition coefficient (Wildman–Crippen LogP) is 3.07. The first-order chi connectivity index (χ1) is 10.3. The van der Waals surface area contributed by atoms with Crippen LogP contribution in [0.2, 0.25) is 0 Å². The molecule has 4 heteroatoms. The molecule has 116 valence electrons. The summed E-state index contributed by atoms with van der Waals surface area (Å²) in [6.07, 6.45) is 4.96. The van der Waals surface area contributed by atoms with Crippen LogP contribution in [0.25, 0.3) is 0 Å². The van der Waals surface area contributed by atoms with E-state index in [1.54, 1.807) is 0 Å². The number of ether oxygens (including phenoxy) is 3. The molecule has 0 aromatic heterocycles. The van der Waals surface area contributed by atoms with Crippen molar-refractivity contribution in [3.8, 4) is 11.5 Å². The molecule has 1 aromatic carbocycles. The normalized spacial score (nSPS) is 23.4. The molecule has 2 aliphatic heterocycles. The van der Waals surface area contributed by atoms with Crippen molar-refractivity contribution in [3.63, 3.8) is 0 Å².